The number of rotatable bonds is 0. The lowest BCUT2D eigenvalue weighted by Crippen LogP contribution is -2.17. The SMILES string of the molecule is CN1CCCC1=O.[AlH3]. The van der Waals surface area contributed by atoms with Crippen LogP contribution < -0.4 is 0 Å². The lowest BCUT2D eigenvalue weighted by Gasteiger charge is -2.03. The molecule has 1 saturated heterocycles. The van der Waals surface area contributed by atoms with Crippen LogP contribution in [0.5, 0.6) is 0 Å². The predicted molar refractivity (Wildman–Crippen MR) is 36.8 cm³/mol. The maximum Gasteiger partial charge on any atom is 0.222 e. The zero-order valence-electron chi connectivity index (χ0n) is 4.48. The second-order valence-electron chi connectivity index (χ2n) is 1.92. The van der Waals surface area contributed by atoms with Crippen LogP contribution in [0.15, 0.2) is 0 Å². The lowest BCUT2D eigenvalue weighted by atomic mass is 10.4. The molecule has 0 aliphatic carbocycles. The average Bonchev–Trinajstić information content (AvgIpc) is 1.91. The topological polar surface area (TPSA) is 20.3 Å². The van der Waals surface area contributed by atoms with Gasteiger partial charge >= 0.3 is 0 Å². The van der Waals surface area contributed by atoms with E-state index in [0.717, 1.165) is 19.4 Å². The van der Waals surface area contributed by atoms with Crippen LogP contribution >= 0.6 is 0 Å². The van der Waals surface area contributed by atoms with E-state index < -0.39 is 0 Å². The van der Waals surface area contributed by atoms with Crippen molar-refractivity contribution in [3.63, 3.8) is 0 Å². The van der Waals surface area contributed by atoms with Gasteiger partial charge in [0.2, 0.25) is 5.91 Å². The Morgan fingerprint density at radius 1 is 1.62 bits per heavy atom. The summed E-state index contributed by atoms with van der Waals surface area (Å²) in [5.74, 6) is 0.292. The Morgan fingerprint density at radius 3 is 2.38 bits per heavy atom. The average molecular weight is 129 g/mol. The van der Waals surface area contributed by atoms with Crippen LogP contribution in [0, 0.1) is 0 Å². The van der Waals surface area contributed by atoms with Crippen LogP contribution in [0.2, 0.25) is 0 Å². The first kappa shape index (κ1) is 8.00. The standard InChI is InChI=1S/C5H9NO.Al.3H/c1-6-4-2-3-5(6)7;;;;/h2-4H2,1H3;;;;. The number of carbonyl (C=O) groups is 1. The van der Waals surface area contributed by atoms with Crippen molar-refractivity contribution < 1.29 is 4.79 Å². The molecule has 8 heavy (non-hydrogen) atoms. The molecule has 1 heterocycles. The molecule has 1 aliphatic heterocycles. The fraction of sp³-hybridized carbons (Fsp3) is 0.800. The fourth-order valence-corrected chi connectivity index (χ4v) is 0.783. The summed E-state index contributed by atoms with van der Waals surface area (Å²) in [7, 11) is 1.84. The van der Waals surface area contributed by atoms with E-state index >= 15 is 0 Å². The molecule has 1 fully saturated rings. The minimum Gasteiger partial charge on any atom is -0.346 e. The summed E-state index contributed by atoms with van der Waals surface area (Å²) in [6.07, 6.45) is 1.81. The molecule has 1 rings (SSSR count). The Hall–Kier alpha value is 0.00247. The smallest absolute Gasteiger partial charge is 0.222 e. The van der Waals surface area contributed by atoms with Crippen molar-refractivity contribution in [3.05, 3.63) is 0 Å². The van der Waals surface area contributed by atoms with Gasteiger partial charge in [0, 0.05) is 20.0 Å². The molecular weight excluding hydrogens is 117 g/mol. The van der Waals surface area contributed by atoms with Crippen molar-refractivity contribution in [1.82, 2.24) is 4.90 Å². The van der Waals surface area contributed by atoms with E-state index in [2.05, 4.69) is 0 Å². The number of likely N-dealkylation sites (tertiary alicyclic amines) is 1. The highest BCUT2D eigenvalue weighted by atomic mass is 27.0. The Kier molecular flexibility index (Phi) is 3.11. The third-order valence-electron chi connectivity index (χ3n) is 1.31. The molecule has 3 heteroatoms. The molecule has 2 nitrogen and oxygen atoms in total. The number of nitrogens with zero attached hydrogens (tertiary/aromatic N) is 1. The van der Waals surface area contributed by atoms with Crippen LogP contribution in [0.4, 0.5) is 0 Å². The van der Waals surface area contributed by atoms with Gasteiger partial charge < -0.3 is 4.90 Å². The maximum absolute atomic E-state index is 10.5. The second kappa shape index (κ2) is 3.11. The molecule has 46 valence electrons. The summed E-state index contributed by atoms with van der Waals surface area (Å²) >= 11 is 0. The third-order valence-corrected chi connectivity index (χ3v) is 1.31. The number of amides is 1. The van der Waals surface area contributed by atoms with Gasteiger partial charge in [0.25, 0.3) is 0 Å². The molecular formula is C5H12AlNO. The molecule has 1 amide bonds. The Bertz CT molecular complexity index is 94.4. The molecule has 0 unspecified atom stereocenters. The molecule has 0 radical (unpaired) electrons. The van der Waals surface area contributed by atoms with Crippen molar-refractivity contribution in [2.45, 2.75) is 12.8 Å². The van der Waals surface area contributed by atoms with Gasteiger partial charge in [-0.1, -0.05) is 0 Å². The zero-order valence-corrected chi connectivity index (χ0v) is 4.48. The largest absolute Gasteiger partial charge is 0.346 e. The Labute approximate surface area is 60.0 Å². The maximum atomic E-state index is 10.5. The molecule has 0 bridgehead atoms. The zero-order chi connectivity index (χ0) is 5.28. The van der Waals surface area contributed by atoms with Crippen LogP contribution in [-0.2, 0) is 4.79 Å². The molecule has 0 saturated carbocycles. The highest BCUT2D eigenvalue weighted by molar-refractivity contribution is 5.77. The number of hydrogen-bond donors (Lipinski definition) is 0. The van der Waals surface area contributed by atoms with Gasteiger partial charge in [0.15, 0.2) is 17.4 Å². The van der Waals surface area contributed by atoms with E-state index in [1.807, 2.05) is 7.05 Å². The normalized spacial score (nSPS) is 18.6. The molecule has 0 aromatic carbocycles. The first-order valence-electron chi connectivity index (χ1n) is 2.54. The summed E-state index contributed by atoms with van der Waals surface area (Å²) in [5, 5.41) is 0. The van der Waals surface area contributed by atoms with Gasteiger partial charge in [-0.3, -0.25) is 4.79 Å². The van der Waals surface area contributed by atoms with E-state index in [4.69, 9.17) is 0 Å². The van der Waals surface area contributed by atoms with Gasteiger partial charge in [-0.25, -0.2) is 0 Å². The van der Waals surface area contributed by atoms with E-state index in [1.165, 1.54) is 0 Å². The summed E-state index contributed by atoms with van der Waals surface area (Å²) in [6.45, 7) is 0.957. The third kappa shape index (κ3) is 1.50. The highest BCUT2D eigenvalue weighted by Crippen LogP contribution is 2.04. The monoisotopic (exact) mass is 129 g/mol. The number of hydrogen-bond acceptors (Lipinski definition) is 1. The molecule has 0 spiro atoms. The van der Waals surface area contributed by atoms with Gasteiger partial charge in [0.05, 0.1) is 0 Å². The van der Waals surface area contributed by atoms with E-state index in [9.17, 15) is 4.79 Å². The molecule has 1 aliphatic rings. The molecule has 0 aromatic rings. The first-order chi connectivity index (χ1) is 3.30. The van der Waals surface area contributed by atoms with Gasteiger partial charge in [-0.05, 0) is 6.42 Å². The second-order valence-corrected chi connectivity index (χ2v) is 1.92. The lowest BCUT2D eigenvalue weighted by molar-refractivity contribution is -0.126. The van der Waals surface area contributed by atoms with Gasteiger partial charge in [0.1, 0.15) is 0 Å². The van der Waals surface area contributed by atoms with Crippen molar-refractivity contribution in [1.29, 1.82) is 0 Å². The van der Waals surface area contributed by atoms with Crippen LogP contribution in [0.1, 0.15) is 12.8 Å². The summed E-state index contributed by atoms with van der Waals surface area (Å²) in [4.78, 5) is 12.3. The predicted octanol–water partition coefficient (Wildman–Crippen LogP) is -0.945. The molecule has 0 N–H and O–H groups in total. The van der Waals surface area contributed by atoms with Crippen LogP contribution in [0.3, 0.4) is 0 Å². The van der Waals surface area contributed by atoms with Crippen molar-refractivity contribution in [3.8, 4) is 0 Å². The van der Waals surface area contributed by atoms with Crippen molar-refractivity contribution in [2.24, 2.45) is 0 Å². The molecule has 0 atom stereocenters. The minimum absolute atomic E-state index is 0. The van der Waals surface area contributed by atoms with Crippen LogP contribution in [0.25, 0.3) is 0 Å². The van der Waals surface area contributed by atoms with E-state index in [-0.39, 0.29) is 17.4 Å². The van der Waals surface area contributed by atoms with E-state index in [1.54, 1.807) is 4.90 Å². The van der Waals surface area contributed by atoms with Crippen molar-refractivity contribution >= 4 is 23.3 Å². The molecule has 0 aromatic heterocycles. The first-order valence-corrected chi connectivity index (χ1v) is 2.54. The van der Waals surface area contributed by atoms with E-state index in [0.29, 0.717) is 5.91 Å². The Balaban J connectivity index is 0.000000490. The quantitative estimate of drug-likeness (QED) is 0.386. The minimum atomic E-state index is 0. The summed E-state index contributed by atoms with van der Waals surface area (Å²) < 4.78 is 0. The van der Waals surface area contributed by atoms with Crippen molar-refractivity contribution in [2.75, 3.05) is 13.6 Å². The fourth-order valence-electron chi connectivity index (χ4n) is 0.783. The number of carbonyl (C=O) groups excluding carboxylic acids is 1. The summed E-state index contributed by atoms with van der Waals surface area (Å²) in [6, 6.07) is 0. The van der Waals surface area contributed by atoms with Gasteiger partial charge in [-0.15, -0.1) is 0 Å². The Morgan fingerprint density at radius 2 is 2.25 bits per heavy atom. The highest BCUT2D eigenvalue weighted by Gasteiger charge is 2.14. The summed E-state index contributed by atoms with van der Waals surface area (Å²) in [5.41, 5.74) is 0. The van der Waals surface area contributed by atoms with Gasteiger partial charge in [-0.2, -0.15) is 0 Å². The van der Waals surface area contributed by atoms with Crippen LogP contribution in [-0.4, -0.2) is 41.8 Å².